The van der Waals surface area contributed by atoms with Gasteiger partial charge in [0.05, 0.1) is 6.61 Å². The maximum atomic E-state index is 5.99. The van der Waals surface area contributed by atoms with Crippen molar-refractivity contribution in [1.29, 1.82) is 0 Å². The topological polar surface area (TPSA) is 9.23 Å². The molecule has 1 aliphatic rings. The molecule has 0 saturated carbocycles. The highest BCUT2D eigenvalue weighted by Crippen LogP contribution is 2.34. The first-order valence-corrected chi connectivity index (χ1v) is 5.50. The molecule has 1 rings (SSSR count). The maximum Gasteiger partial charge on any atom is 0.0533 e. The number of hydrogen-bond donors (Lipinski definition) is 0. The fourth-order valence-corrected chi connectivity index (χ4v) is 2.18. The third-order valence-corrected chi connectivity index (χ3v) is 3.32. The van der Waals surface area contributed by atoms with E-state index in [1.807, 2.05) is 0 Å². The van der Waals surface area contributed by atoms with E-state index in [1.54, 1.807) is 0 Å². The van der Waals surface area contributed by atoms with E-state index >= 15 is 0 Å². The average Bonchev–Trinajstić information content (AvgIpc) is 2.16. The van der Waals surface area contributed by atoms with E-state index < -0.39 is 0 Å². The summed E-state index contributed by atoms with van der Waals surface area (Å²) in [6.45, 7) is 4.05. The fraction of sp³-hybridized carbons (Fsp3) is 1.00. The Morgan fingerprint density at radius 3 is 2.83 bits per heavy atom. The van der Waals surface area contributed by atoms with Gasteiger partial charge in [0, 0.05) is 17.9 Å². The summed E-state index contributed by atoms with van der Waals surface area (Å²) in [4.78, 5) is 0. The van der Waals surface area contributed by atoms with Crippen LogP contribution in [0.1, 0.15) is 39.0 Å². The van der Waals surface area contributed by atoms with Crippen LogP contribution in [0.4, 0.5) is 0 Å². The Morgan fingerprint density at radius 1 is 1.50 bits per heavy atom. The molecule has 12 heavy (non-hydrogen) atoms. The smallest absolute Gasteiger partial charge is 0.0533 e. The summed E-state index contributed by atoms with van der Waals surface area (Å²) in [6.07, 6.45) is 6.24. The summed E-state index contributed by atoms with van der Waals surface area (Å²) >= 11 is 5.99. The molecule has 0 amide bonds. The van der Waals surface area contributed by atoms with Crippen molar-refractivity contribution in [1.82, 2.24) is 0 Å². The van der Waals surface area contributed by atoms with Gasteiger partial charge in [0.1, 0.15) is 0 Å². The van der Waals surface area contributed by atoms with Gasteiger partial charge in [-0.25, -0.2) is 0 Å². The van der Waals surface area contributed by atoms with Crippen molar-refractivity contribution in [3.63, 3.8) is 0 Å². The van der Waals surface area contributed by atoms with Crippen molar-refractivity contribution in [2.24, 2.45) is 5.41 Å². The first-order valence-electron chi connectivity index (χ1n) is 4.97. The fourth-order valence-electron chi connectivity index (χ4n) is 1.83. The van der Waals surface area contributed by atoms with Crippen LogP contribution in [0, 0.1) is 5.41 Å². The zero-order valence-corrected chi connectivity index (χ0v) is 8.70. The molecule has 1 fully saturated rings. The van der Waals surface area contributed by atoms with E-state index in [0.717, 1.165) is 19.1 Å². The van der Waals surface area contributed by atoms with Crippen LogP contribution in [0.5, 0.6) is 0 Å². The second-order valence-corrected chi connectivity index (χ2v) is 4.16. The molecular weight excluding hydrogens is 172 g/mol. The van der Waals surface area contributed by atoms with Crippen molar-refractivity contribution in [3.8, 4) is 0 Å². The molecule has 1 heterocycles. The van der Waals surface area contributed by atoms with E-state index in [0.29, 0.717) is 5.41 Å². The largest absolute Gasteiger partial charge is 0.381 e. The van der Waals surface area contributed by atoms with E-state index in [4.69, 9.17) is 16.3 Å². The van der Waals surface area contributed by atoms with E-state index in [2.05, 4.69) is 6.92 Å². The van der Waals surface area contributed by atoms with Gasteiger partial charge < -0.3 is 4.74 Å². The van der Waals surface area contributed by atoms with E-state index in [-0.39, 0.29) is 0 Å². The van der Waals surface area contributed by atoms with Crippen LogP contribution in [-0.4, -0.2) is 19.1 Å². The van der Waals surface area contributed by atoms with Gasteiger partial charge in [0.2, 0.25) is 0 Å². The summed E-state index contributed by atoms with van der Waals surface area (Å²) in [5.41, 5.74) is 0.315. The Morgan fingerprint density at radius 2 is 2.33 bits per heavy atom. The molecule has 0 bridgehead atoms. The Kier molecular flexibility index (Phi) is 4.38. The molecule has 0 radical (unpaired) electrons. The van der Waals surface area contributed by atoms with Gasteiger partial charge in [-0.15, -0.1) is 11.6 Å². The Bertz CT molecular complexity index is 119. The van der Waals surface area contributed by atoms with Gasteiger partial charge in [-0.2, -0.15) is 0 Å². The molecule has 0 aromatic carbocycles. The van der Waals surface area contributed by atoms with E-state index in [1.165, 1.54) is 32.1 Å². The number of hydrogen-bond acceptors (Lipinski definition) is 1. The van der Waals surface area contributed by atoms with E-state index in [9.17, 15) is 0 Å². The molecule has 0 N–H and O–H groups in total. The predicted octanol–water partition coefficient (Wildman–Crippen LogP) is 3.21. The SMILES string of the molecule is CCCCC1(CCl)CCCOC1. The Hall–Kier alpha value is 0.250. The monoisotopic (exact) mass is 190 g/mol. The molecular formula is C10H19ClO. The highest BCUT2D eigenvalue weighted by molar-refractivity contribution is 6.18. The second kappa shape index (κ2) is 5.08. The number of rotatable bonds is 4. The van der Waals surface area contributed by atoms with Crippen LogP contribution in [0.15, 0.2) is 0 Å². The maximum absolute atomic E-state index is 5.99. The molecule has 72 valence electrons. The molecule has 0 spiro atoms. The molecule has 1 saturated heterocycles. The van der Waals surface area contributed by atoms with Gasteiger partial charge in [-0.3, -0.25) is 0 Å². The molecule has 1 unspecified atom stereocenters. The van der Waals surface area contributed by atoms with Crippen LogP contribution in [0.3, 0.4) is 0 Å². The number of unbranched alkanes of at least 4 members (excludes halogenated alkanes) is 1. The highest BCUT2D eigenvalue weighted by atomic mass is 35.5. The lowest BCUT2D eigenvalue weighted by Gasteiger charge is -2.35. The molecule has 2 heteroatoms. The average molecular weight is 191 g/mol. The van der Waals surface area contributed by atoms with Crippen LogP contribution in [-0.2, 0) is 4.74 Å². The van der Waals surface area contributed by atoms with Crippen LogP contribution < -0.4 is 0 Å². The zero-order valence-electron chi connectivity index (χ0n) is 7.94. The molecule has 0 aliphatic carbocycles. The Balaban J connectivity index is 2.37. The van der Waals surface area contributed by atoms with Gasteiger partial charge in [-0.1, -0.05) is 19.8 Å². The summed E-state index contributed by atoms with van der Waals surface area (Å²) in [7, 11) is 0. The third kappa shape index (κ3) is 2.63. The Labute approximate surface area is 80.4 Å². The molecule has 1 atom stereocenters. The molecule has 1 aliphatic heterocycles. The number of alkyl halides is 1. The first kappa shape index (κ1) is 10.3. The minimum atomic E-state index is 0.315. The quantitative estimate of drug-likeness (QED) is 0.619. The summed E-state index contributed by atoms with van der Waals surface area (Å²) in [5, 5.41) is 0. The van der Waals surface area contributed by atoms with Gasteiger partial charge in [0.25, 0.3) is 0 Å². The summed E-state index contributed by atoms with van der Waals surface area (Å²) < 4.78 is 5.49. The highest BCUT2D eigenvalue weighted by Gasteiger charge is 2.31. The van der Waals surface area contributed by atoms with Crippen molar-refractivity contribution < 1.29 is 4.74 Å². The van der Waals surface area contributed by atoms with Crippen LogP contribution >= 0.6 is 11.6 Å². The van der Waals surface area contributed by atoms with Crippen molar-refractivity contribution in [3.05, 3.63) is 0 Å². The summed E-state index contributed by atoms with van der Waals surface area (Å²) in [5.74, 6) is 0.771. The lowest BCUT2D eigenvalue weighted by atomic mass is 9.80. The summed E-state index contributed by atoms with van der Waals surface area (Å²) in [6, 6.07) is 0. The van der Waals surface area contributed by atoms with Gasteiger partial charge >= 0.3 is 0 Å². The van der Waals surface area contributed by atoms with Gasteiger partial charge in [-0.05, 0) is 19.3 Å². The predicted molar refractivity (Wildman–Crippen MR) is 52.7 cm³/mol. The first-order chi connectivity index (χ1) is 5.83. The normalized spacial score (nSPS) is 30.5. The minimum absolute atomic E-state index is 0.315. The lowest BCUT2D eigenvalue weighted by Crippen LogP contribution is -2.33. The lowest BCUT2D eigenvalue weighted by molar-refractivity contribution is -0.000959. The second-order valence-electron chi connectivity index (χ2n) is 3.89. The number of ether oxygens (including phenoxy) is 1. The minimum Gasteiger partial charge on any atom is -0.381 e. The van der Waals surface area contributed by atoms with Crippen molar-refractivity contribution in [2.75, 3.05) is 19.1 Å². The van der Waals surface area contributed by atoms with Crippen molar-refractivity contribution in [2.45, 2.75) is 39.0 Å². The standard InChI is InChI=1S/C10H19ClO/c1-2-3-5-10(8-11)6-4-7-12-9-10/h2-9H2,1H3. The zero-order chi connectivity index (χ0) is 8.86. The number of halogens is 1. The van der Waals surface area contributed by atoms with Crippen molar-refractivity contribution >= 4 is 11.6 Å². The molecule has 1 nitrogen and oxygen atoms in total. The van der Waals surface area contributed by atoms with Crippen LogP contribution in [0.2, 0.25) is 0 Å². The molecule has 0 aromatic rings. The van der Waals surface area contributed by atoms with Crippen LogP contribution in [0.25, 0.3) is 0 Å². The molecule has 0 aromatic heterocycles. The van der Waals surface area contributed by atoms with Gasteiger partial charge in [0.15, 0.2) is 0 Å². The third-order valence-electron chi connectivity index (χ3n) is 2.75.